The van der Waals surface area contributed by atoms with E-state index in [0.29, 0.717) is 15.9 Å². The third kappa shape index (κ3) is 3.98. The van der Waals surface area contributed by atoms with E-state index in [4.69, 9.17) is 27.9 Å². The molecule has 1 fully saturated rings. The second-order valence-corrected chi connectivity index (χ2v) is 7.33. The highest BCUT2D eigenvalue weighted by molar-refractivity contribution is 6.35. The first kappa shape index (κ1) is 14.9. The lowest BCUT2D eigenvalue weighted by Crippen LogP contribution is -2.60. The van der Waals surface area contributed by atoms with Crippen molar-refractivity contribution in [1.82, 2.24) is 10.3 Å². The SMILES string of the molecule is CC1(C)CC(Oc2ncc(Cl)cc2Cl)CC(C)(C)N1. The molecule has 2 heterocycles. The Kier molecular flexibility index (Phi) is 4.01. The number of pyridine rings is 1. The molecule has 0 saturated carbocycles. The Labute approximate surface area is 124 Å². The molecule has 3 nitrogen and oxygen atoms in total. The van der Waals surface area contributed by atoms with Gasteiger partial charge < -0.3 is 10.1 Å². The molecule has 0 radical (unpaired) electrons. The van der Waals surface area contributed by atoms with Crippen LogP contribution in [0.1, 0.15) is 40.5 Å². The first-order chi connectivity index (χ1) is 8.67. The maximum atomic E-state index is 6.10. The van der Waals surface area contributed by atoms with Crippen molar-refractivity contribution < 1.29 is 4.74 Å². The fraction of sp³-hybridized carbons (Fsp3) is 0.643. The van der Waals surface area contributed by atoms with Crippen molar-refractivity contribution in [2.75, 3.05) is 0 Å². The van der Waals surface area contributed by atoms with Crippen molar-refractivity contribution in [3.63, 3.8) is 0 Å². The Morgan fingerprint density at radius 2 is 1.79 bits per heavy atom. The van der Waals surface area contributed by atoms with Gasteiger partial charge in [-0.25, -0.2) is 4.98 Å². The van der Waals surface area contributed by atoms with E-state index in [9.17, 15) is 0 Å². The lowest BCUT2D eigenvalue weighted by atomic mass is 9.81. The molecule has 2 rings (SSSR count). The number of piperidine rings is 1. The van der Waals surface area contributed by atoms with Crippen LogP contribution in [-0.4, -0.2) is 22.2 Å². The van der Waals surface area contributed by atoms with Crippen LogP contribution in [0, 0.1) is 0 Å². The monoisotopic (exact) mass is 302 g/mol. The van der Waals surface area contributed by atoms with Crippen LogP contribution in [0.15, 0.2) is 12.3 Å². The van der Waals surface area contributed by atoms with E-state index in [-0.39, 0.29) is 17.2 Å². The summed E-state index contributed by atoms with van der Waals surface area (Å²) >= 11 is 11.9. The normalized spacial score (nSPS) is 22.2. The number of aromatic nitrogens is 1. The van der Waals surface area contributed by atoms with Crippen LogP contribution in [0.2, 0.25) is 10.0 Å². The maximum Gasteiger partial charge on any atom is 0.232 e. The number of hydrogen-bond acceptors (Lipinski definition) is 3. The van der Waals surface area contributed by atoms with Gasteiger partial charge in [0.2, 0.25) is 5.88 Å². The molecule has 106 valence electrons. The number of rotatable bonds is 2. The zero-order valence-electron chi connectivity index (χ0n) is 11.8. The molecule has 1 aliphatic heterocycles. The van der Waals surface area contributed by atoms with E-state index in [1.807, 2.05) is 0 Å². The summed E-state index contributed by atoms with van der Waals surface area (Å²) < 4.78 is 5.97. The Balaban J connectivity index is 2.14. The summed E-state index contributed by atoms with van der Waals surface area (Å²) in [4.78, 5) is 4.16. The highest BCUT2D eigenvalue weighted by Crippen LogP contribution is 2.33. The van der Waals surface area contributed by atoms with Crippen LogP contribution >= 0.6 is 23.2 Å². The molecule has 1 aromatic heterocycles. The molecule has 0 atom stereocenters. The maximum absolute atomic E-state index is 6.10. The molecule has 0 aromatic carbocycles. The highest BCUT2D eigenvalue weighted by Gasteiger charge is 2.39. The number of halogens is 2. The van der Waals surface area contributed by atoms with Gasteiger partial charge in [-0.05, 0) is 33.8 Å². The first-order valence-electron chi connectivity index (χ1n) is 6.44. The third-order valence-electron chi connectivity index (χ3n) is 3.21. The van der Waals surface area contributed by atoms with E-state index < -0.39 is 0 Å². The van der Waals surface area contributed by atoms with Crippen molar-refractivity contribution in [2.24, 2.45) is 0 Å². The molecular weight excluding hydrogens is 283 g/mol. The molecule has 0 aliphatic carbocycles. The minimum absolute atomic E-state index is 0.0331. The Morgan fingerprint density at radius 1 is 1.21 bits per heavy atom. The summed E-state index contributed by atoms with van der Waals surface area (Å²) in [5, 5.41) is 4.59. The Hall–Kier alpha value is -0.510. The number of ether oxygens (including phenoxy) is 1. The van der Waals surface area contributed by atoms with E-state index in [0.717, 1.165) is 12.8 Å². The van der Waals surface area contributed by atoms with Crippen LogP contribution in [0.3, 0.4) is 0 Å². The molecule has 19 heavy (non-hydrogen) atoms. The van der Waals surface area contributed by atoms with Gasteiger partial charge in [0.05, 0.1) is 5.02 Å². The fourth-order valence-corrected chi connectivity index (χ4v) is 3.38. The summed E-state index contributed by atoms with van der Waals surface area (Å²) in [6.45, 7) is 8.73. The standard InChI is InChI=1S/C14H20Cl2N2O/c1-13(2)6-10(7-14(3,4)18-13)19-12-11(16)5-9(15)8-17-12/h5,8,10,18H,6-7H2,1-4H3. The predicted molar refractivity (Wildman–Crippen MR) is 79.2 cm³/mol. The quantitative estimate of drug-likeness (QED) is 0.894. The lowest BCUT2D eigenvalue weighted by molar-refractivity contribution is 0.0531. The molecule has 0 unspecified atom stereocenters. The topological polar surface area (TPSA) is 34.1 Å². The predicted octanol–water partition coefficient (Wildman–Crippen LogP) is 4.08. The van der Waals surface area contributed by atoms with Gasteiger partial charge >= 0.3 is 0 Å². The molecular formula is C14H20Cl2N2O. The van der Waals surface area contributed by atoms with Crippen molar-refractivity contribution in [3.8, 4) is 5.88 Å². The second kappa shape index (κ2) is 5.12. The van der Waals surface area contributed by atoms with E-state index in [2.05, 4.69) is 38.0 Å². The van der Waals surface area contributed by atoms with Crippen molar-refractivity contribution >= 4 is 23.2 Å². The van der Waals surface area contributed by atoms with Crippen LogP contribution in [0.4, 0.5) is 0 Å². The zero-order chi connectivity index (χ0) is 14.3. The fourth-order valence-electron chi connectivity index (χ4n) is 2.96. The minimum Gasteiger partial charge on any atom is -0.473 e. The van der Waals surface area contributed by atoms with Crippen LogP contribution < -0.4 is 10.1 Å². The number of hydrogen-bond donors (Lipinski definition) is 1. The largest absolute Gasteiger partial charge is 0.473 e. The number of nitrogens with zero attached hydrogens (tertiary/aromatic N) is 1. The van der Waals surface area contributed by atoms with Gasteiger partial charge in [-0.2, -0.15) is 0 Å². The van der Waals surface area contributed by atoms with Gasteiger partial charge in [-0.15, -0.1) is 0 Å². The van der Waals surface area contributed by atoms with E-state index in [1.54, 1.807) is 12.3 Å². The van der Waals surface area contributed by atoms with Gasteiger partial charge in [-0.1, -0.05) is 23.2 Å². The van der Waals surface area contributed by atoms with E-state index in [1.165, 1.54) is 0 Å². The third-order valence-corrected chi connectivity index (χ3v) is 3.68. The lowest BCUT2D eigenvalue weighted by Gasteiger charge is -2.46. The van der Waals surface area contributed by atoms with Crippen molar-refractivity contribution in [3.05, 3.63) is 22.3 Å². The number of nitrogens with one attached hydrogen (secondary N) is 1. The summed E-state index contributed by atoms with van der Waals surface area (Å²) in [6, 6.07) is 1.66. The van der Waals surface area contributed by atoms with Gasteiger partial charge in [0.15, 0.2) is 0 Å². The highest BCUT2D eigenvalue weighted by atomic mass is 35.5. The average Bonchev–Trinajstić information content (AvgIpc) is 2.17. The summed E-state index contributed by atoms with van der Waals surface area (Å²) in [7, 11) is 0. The van der Waals surface area contributed by atoms with Crippen LogP contribution in [-0.2, 0) is 0 Å². The Bertz CT molecular complexity index is 459. The summed E-state index contributed by atoms with van der Waals surface area (Å²) in [6.07, 6.45) is 3.48. The minimum atomic E-state index is 0.0331. The Morgan fingerprint density at radius 3 is 2.32 bits per heavy atom. The van der Waals surface area contributed by atoms with Crippen LogP contribution in [0.25, 0.3) is 0 Å². The van der Waals surface area contributed by atoms with E-state index >= 15 is 0 Å². The first-order valence-corrected chi connectivity index (χ1v) is 7.20. The molecule has 0 spiro atoms. The molecule has 1 aliphatic rings. The smallest absolute Gasteiger partial charge is 0.232 e. The molecule has 1 aromatic rings. The van der Waals surface area contributed by atoms with Crippen molar-refractivity contribution in [1.29, 1.82) is 0 Å². The summed E-state index contributed by atoms with van der Waals surface area (Å²) in [5.41, 5.74) is 0.0661. The van der Waals surface area contributed by atoms with Gasteiger partial charge in [0, 0.05) is 30.1 Å². The molecule has 1 saturated heterocycles. The zero-order valence-corrected chi connectivity index (χ0v) is 13.3. The average molecular weight is 303 g/mol. The van der Waals surface area contributed by atoms with Gasteiger partial charge in [0.25, 0.3) is 0 Å². The molecule has 0 amide bonds. The summed E-state index contributed by atoms with van der Waals surface area (Å²) in [5.74, 6) is 0.463. The molecule has 0 bridgehead atoms. The van der Waals surface area contributed by atoms with Crippen LogP contribution in [0.5, 0.6) is 5.88 Å². The van der Waals surface area contributed by atoms with Gasteiger partial charge in [-0.3, -0.25) is 0 Å². The molecule has 1 N–H and O–H groups in total. The molecule has 5 heteroatoms. The second-order valence-electron chi connectivity index (χ2n) is 6.48. The van der Waals surface area contributed by atoms with Gasteiger partial charge in [0.1, 0.15) is 11.1 Å². The van der Waals surface area contributed by atoms with Crippen molar-refractivity contribution in [2.45, 2.75) is 57.7 Å².